The number of fused-ring (bicyclic) bond motifs is 6. The van der Waals surface area contributed by atoms with Gasteiger partial charge in [0.1, 0.15) is 5.52 Å². The van der Waals surface area contributed by atoms with Crippen LogP contribution in [0, 0.1) is 0 Å². The van der Waals surface area contributed by atoms with E-state index in [9.17, 15) is 46.0 Å². The maximum atomic E-state index is 10.8. The average Bonchev–Trinajstić information content (AvgIpc) is 3.58. The molecule has 0 aliphatic heterocycles. The van der Waals surface area contributed by atoms with Crippen molar-refractivity contribution in [1.29, 1.82) is 0 Å². The lowest BCUT2D eigenvalue weighted by atomic mass is 9.85. The maximum absolute atomic E-state index is 10.8. The number of para-hydroxylation sites is 1. The van der Waals surface area contributed by atoms with Gasteiger partial charge in [0.15, 0.2) is 28.8 Å². The third-order valence-corrected chi connectivity index (χ3v) is 9.37. The van der Waals surface area contributed by atoms with Crippen LogP contribution in [0.1, 0.15) is 25.1 Å². The van der Waals surface area contributed by atoms with Crippen molar-refractivity contribution < 1.29 is 46.0 Å². The highest BCUT2D eigenvalue weighted by molar-refractivity contribution is 6.07. The standard InChI is InChI=1S/C37H27N3O9/c1-37(2)19-9-5-3-7-17(19)21-18-8-4-6-10-20(18)40(35(21)37)16-13-11-15(12-14-16)36-38-24(23-27(42)31(46)34(49)32(47)28(23)43)22-25(39-36)29(44)33(48)30(45)26(22)41/h3-14,41-49H,1-2H3. The lowest BCUT2D eigenvalue weighted by Gasteiger charge is -2.24. The molecular formula is C37H27N3O9. The van der Waals surface area contributed by atoms with Gasteiger partial charge in [-0.05, 0) is 41.5 Å². The van der Waals surface area contributed by atoms with Crippen LogP contribution in [0.3, 0.4) is 0 Å². The molecule has 12 heteroatoms. The number of hydrogen-bond donors (Lipinski definition) is 9. The molecule has 244 valence electrons. The molecule has 5 aromatic carbocycles. The van der Waals surface area contributed by atoms with E-state index in [4.69, 9.17) is 0 Å². The van der Waals surface area contributed by atoms with Crippen LogP contribution < -0.4 is 0 Å². The second-order valence-electron chi connectivity index (χ2n) is 12.4. The van der Waals surface area contributed by atoms with Crippen LogP contribution in [-0.4, -0.2) is 60.5 Å². The van der Waals surface area contributed by atoms with Crippen LogP contribution in [0.2, 0.25) is 0 Å². The zero-order valence-electron chi connectivity index (χ0n) is 25.8. The molecule has 0 unspecified atom stereocenters. The molecule has 0 amide bonds. The Morgan fingerprint density at radius 3 is 1.82 bits per heavy atom. The molecule has 0 radical (unpaired) electrons. The summed E-state index contributed by atoms with van der Waals surface area (Å²) in [6, 6.07) is 23.5. The molecule has 7 aromatic rings. The summed E-state index contributed by atoms with van der Waals surface area (Å²) in [6.07, 6.45) is 0. The number of hydrogen-bond acceptors (Lipinski definition) is 11. The number of nitrogens with zero attached hydrogens (tertiary/aromatic N) is 3. The Kier molecular flexibility index (Phi) is 5.94. The number of phenolic OH excluding ortho intramolecular Hbond substituents is 9. The van der Waals surface area contributed by atoms with Gasteiger partial charge in [0.05, 0.1) is 22.2 Å². The predicted molar refractivity (Wildman–Crippen MR) is 180 cm³/mol. The van der Waals surface area contributed by atoms with Crippen LogP contribution in [0.15, 0.2) is 72.8 Å². The molecule has 0 saturated carbocycles. The first-order valence-electron chi connectivity index (χ1n) is 15.1. The van der Waals surface area contributed by atoms with Gasteiger partial charge >= 0.3 is 0 Å². The fraction of sp³-hybridized carbons (Fsp3) is 0.0811. The second-order valence-corrected chi connectivity index (χ2v) is 12.4. The quantitative estimate of drug-likeness (QED) is 0.0733. The minimum absolute atomic E-state index is 0.143. The molecule has 49 heavy (non-hydrogen) atoms. The largest absolute Gasteiger partial charge is 0.504 e. The van der Waals surface area contributed by atoms with Crippen LogP contribution in [0.5, 0.6) is 51.7 Å². The highest BCUT2D eigenvalue weighted by Crippen LogP contribution is 2.58. The summed E-state index contributed by atoms with van der Waals surface area (Å²) in [6.45, 7) is 4.37. The van der Waals surface area contributed by atoms with Gasteiger partial charge in [0.2, 0.25) is 28.7 Å². The summed E-state index contributed by atoms with van der Waals surface area (Å²) < 4.78 is 2.20. The minimum atomic E-state index is -1.23. The van der Waals surface area contributed by atoms with Gasteiger partial charge in [-0.1, -0.05) is 56.3 Å². The molecule has 2 heterocycles. The summed E-state index contributed by atoms with van der Waals surface area (Å²) in [5.41, 5.74) is 4.63. The highest BCUT2D eigenvalue weighted by atomic mass is 16.4. The lowest BCUT2D eigenvalue weighted by Crippen LogP contribution is -2.19. The predicted octanol–water partition coefficient (Wildman–Crippen LogP) is 6.56. The summed E-state index contributed by atoms with van der Waals surface area (Å²) >= 11 is 0. The average molecular weight is 658 g/mol. The highest BCUT2D eigenvalue weighted by Gasteiger charge is 2.40. The first-order chi connectivity index (χ1) is 23.3. The number of aromatic nitrogens is 3. The molecule has 0 saturated heterocycles. The molecule has 2 aromatic heterocycles. The first kappa shape index (κ1) is 29.6. The first-order valence-corrected chi connectivity index (χ1v) is 15.1. The maximum Gasteiger partial charge on any atom is 0.208 e. The summed E-state index contributed by atoms with van der Waals surface area (Å²) in [7, 11) is 0. The van der Waals surface area contributed by atoms with Crippen molar-refractivity contribution in [2.75, 3.05) is 0 Å². The second kappa shape index (κ2) is 9.84. The van der Waals surface area contributed by atoms with Crippen molar-refractivity contribution in [2.45, 2.75) is 19.3 Å². The number of aromatic hydroxyl groups is 9. The SMILES string of the molecule is CC1(C)c2ccccc2-c2c1n(-c1ccc(-c3nc(-c4c(O)c(O)c(O)c(O)c4O)c4c(O)c(O)c(O)c(O)c4n3)cc1)c1ccccc21. The summed E-state index contributed by atoms with van der Waals surface area (Å²) in [5.74, 6) is -10.3. The molecule has 0 bridgehead atoms. The molecule has 0 atom stereocenters. The minimum Gasteiger partial charge on any atom is -0.504 e. The zero-order valence-corrected chi connectivity index (χ0v) is 25.8. The van der Waals surface area contributed by atoms with E-state index in [0.29, 0.717) is 5.56 Å². The molecule has 1 aliphatic carbocycles. The van der Waals surface area contributed by atoms with Gasteiger partial charge in [-0.15, -0.1) is 0 Å². The fourth-order valence-electron chi connectivity index (χ4n) is 7.04. The van der Waals surface area contributed by atoms with Gasteiger partial charge in [0, 0.05) is 33.3 Å². The Bertz CT molecular complexity index is 2540. The van der Waals surface area contributed by atoms with Crippen molar-refractivity contribution >= 4 is 21.8 Å². The van der Waals surface area contributed by atoms with Crippen molar-refractivity contribution in [3.05, 3.63) is 84.1 Å². The molecule has 0 spiro atoms. The van der Waals surface area contributed by atoms with E-state index in [-0.39, 0.29) is 11.2 Å². The molecule has 0 fully saturated rings. The number of benzene rings is 5. The van der Waals surface area contributed by atoms with Crippen molar-refractivity contribution in [3.63, 3.8) is 0 Å². The van der Waals surface area contributed by atoms with Crippen LogP contribution in [-0.2, 0) is 5.41 Å². The Hall–Kier alpha value is -6.82. The van der Waals surface area contributed by atoms with Crippen molar-refractivity contribution in [3.8, 4) is 91.2 Å². The monoisotopic (exact) mass is 657 g/mol. The van der Waals surface area contributed by atoms with Crippen LogP contribution >= 0.6 is 0 Å². The molecule has 8 rings (SSSR count). The molecule has 12 nitrogen and oxygen atoms in total. The van der Waals surface area contributed by atoms with E-state index in [2.05, 4.69) is 52.6 Å². The topological polar surface area (TPSA) is 213 Å². The Balaban J connectivity index is 1.36. The van der Waals surface area contributed by atoms with Crippen LogP contribution in [0.25, 0.3) is 61.3 Å². The van der Waals surface area contributed by atoms with Gasteiger partial charge < -0.3 is 50.5 Å². The zero-order chi connectivity index (χ0) is 34.7. The lowest BCUT2D eigenvalue weighted by molar-refractivity contribution is 0.330. The smallest absolute Gasteiger partial charge is 0.208 e. The Morgan fingerprint density at radius 2 is 1.12 bits per heavy atom. The molecular weight excluding hydrogens is 630 g/mol. The normalized spacial score (nSPS) is 13.2. The third-order valence-electron chi connectivity index (χ3n) is 9.37. The van der Waals surface area contributed by atoms with Crippen LogP contribution in [0.4, 0.5) is 0 Å². The Labute approximate surface area is 276 Å². The summed E-state index contributed by atoms with van der Waals surface area (Å²) in [5, 5.41) is 94.8. The third kappa shape index (κ3) is 3.79. The van der Waals surface area contributed by atoms with Crippen molar-refractivity contribution in [2.24, 2.45) is 0 Å². The van der Waals surface area contributed by atoms with E-state index in [1.165, 1.54) is 11.1 Å². The molecule has 1 aliphatic rings. The fourth-order valence-corrected chi connectivity index (χ4v) is 7.04. The molecule has 9 N–H and O–H groups in total. The van der Waals surface area contributed by atoms with E-state index in [1.54, 1.807) is 12.1 Å². The van der Waals surface area contributed by atoms with Gasteiger partial charge in [-0.3, -0.25) is 0 Å². The Morgan fingerprint density at radius 1 is 0.551 bits per heavy atom. The summed E-state index contributed by atoms with van der Waals surface area (Å²) in [4.78, 5) is 8.72. The van der Waals surface area contributed by atoms with E-state index >= 15 is 0 Å². The van der Waals surface area contributed by atoms with Gasteiger partial charge in [-0.25, -0.2) is 9.97 Å². The number of phenols is 9. The van der Waals surface area contributed by atoms with Gasteiger partial charge in [-0.2, -0.15) is 0 Å². The van der Waals surface area contributed by atoms with E-state index in [1.807, 2.05) is 36.4 Å². The van der Waals surface area contributed by atoms with E-state index in [0.717, 1.165) is 27.8 Å². The van der Waals surface area contributed by atoms with E-state index < -0.39 is 73.9 Å². The van der Waals surface area contributed by atoms with Crippen molar-refractivity contribution in [1.82, 2.24) is 14.5 Å². The number of rotatable bonds is 3. The van der Waals surface area contributed by atoms with Gasteiger partial charge in [0.25, 0.3) is 0 Å².